The summed E-state index contributed by atoms with van der Waals surface area (Å²) in [6, 6.07) is 9.26. The van der Waals surface area contributed by atoms with Crippen molar-refractivity contribution in [1.29, 1.82) is 0 Å². The molecule has 2 aliphatic carbocycles. The second kappa shape index (κ2) is 9.32. The maximum atomic E-state index is 13.1. The van der Waals surface area contributed by atoms with Crippen LogP contribution in [-0.2, 0) is 6.54 Å². The van der Waals surface area contributed by atoms with Crippen LogP contribution in [0.5, 0.6) is 5.88 Å². The predicted molar refractivity (Wildman–Crippen MR) is 143 cm³/mol. The minimum atomic E-state index is -0.337. The summed E-state index contributed by atoms with van der Waals surface area (Å²) in [6.45, 7) is 4.50. The molecule has 1 aromatic carbocycles. The van der Waals surface area contributed by atoms with Gasteiger partial charge in [0.15, 0.2) is 11.2 Å². The van der Waals surface area contributed by atoms with Crippen molar-refractivity contribution < 1.29 is 14.6 Å². The zero-order chi connectivity index (χ0) is 26.6. The Kier molecular flexibility index (Phi) is 6.07. The van der Waals surface area contributed by atoms with Crippen LogP contribution >= 0.6 is 11.6 Å². The number of imidazole rings is 1. The normalized spacial score (nSPS) is 19.7. The number of benzene rings is 1. The zero-order valence-corrected chi connectivity index (χ0v) is 22.3. The standard InChI is InChI=1S/C28H29ClN6O3/c1-16-6-9-30-18(10-16)14-35-24(33-23-25(35)31-15-32-26(23)38-28(2)7-8-28)21-5-4-17(11-22(21)29)27(37)34(3)19-12-20(36)13-19/h4-6,9-11,15,19-20,36H,7-8,12-14H2,1-3H3. The number of ether oxygens (including phenoxy) is 1. The van der Waals surface area contributed by atoms with Gasteiger partial charge in [0.05, 0.1) is 23.4 Å². The number of pyridine rings is 1. The Bertz CT molecular complexity index is 1540. The quantitative estimate of drug-likeness (QED) is 0.375. The molecule has 0 saturated heterocycles. The summed E-state index contributed by atoms with van der Waals surface area (Å²) in [5, 5.41) is 10.0. The van der Waals surface area contributed by atoms with Gasteiger partial charge in [-0.2, -0.15) is 4.98 Å². The molecule has 9 nitrogen and oxygen atoms in total. The summed E-state index contributed by atoms with van der Waals surface area (Å²) in [4.78, 5) is 33.1. The maximum absolute atomic E-state index is 13.1. The Hall–Kier alpha value is -3.56. The average molecular weight is 533 g/mol. The van der Waals surface area contributed by atoms with Crippen molar-refractivity contribution in [3.63, 3.8) is 0 Å². The number of aryl methyl sites for hydroxylation is 1. The van der Waals surface area contributed by atoms with Crippen molar-refractivity contribution in [2.75, 3.05) is 7.05 Å². The van der Waals surface area contributed by atoms with Gasteiger partial charge in [-0.05, 0) is 75.4 Å². The highest BCUT2D eigenvalue weighted by Crippen LogP contribution is 2.41. The largest absolute Gasteiger partial charge is 0.470 e. The van der Waals surface area contributed by atoms with Crippen molar-refractivity contribution in [2.24, 2.45) is 0 Å². The van der Waals surface area contributed by atoms with E-state index in [0.29, 0.717) is 58.4 Å². The van der Waals surface area contributed by atoms with E-state index in [4.69, 9.17) is 21.3 Å². The van der Waals surface area contributed by atoms with Crippen molar-refractivity contribution in [3.05, 3.63) is 64.7 Å². The number of aromatic nitrogens is 5. The molecule has 38 heavy (non-hydrogen) atoms. The highest BCUT2D eigenvalue weighted by atomic mass is 35.5. The number of aliphatic hydroxyl groups excluding tert-OH is 1. The highest BCUT2D eigenvalue weighted by molar-refractivity contribution is 6.33. The molecule has 2 fully saturated rings. The fourth-order valence-electron chi connectivity index (χ4n) is 4.78. The topological polar surface area (TPSA) is 106 Å². The van der Waals surface area contributed by atoms with Crippen LogP contribution in [0, 0.1) is 6.92 Å². The second-order valence-corrected chi connectivity index (χ2v) is 11.0. The van der Waals surface area contributed by atoms with Gasteiger partial charge in [-0.3, -0.25) is 9.78 Å². The number of carbonyl (C=O) groups is 1. The van der Waals surface area contributed by atoms with E-state index in [0.717, 1.165) is 24.1 Å². The average Bonchev–Trinajstić information content (AvgIpc) is 3.49. The number of fused-ring (bicyclic) bond motifs is 1. The fourth-order valence-corrected chi connectivity index (χ4v) is 5.04. The first kappa shape index (κ1) is 24.8. The second-order valence-electron chi connectivity index (χ2n) is 10.6. The first-order valence-electron chi connectivity index (χ1n) is 12.8. The number of aliphatic hydroxyl groups is 1. The third-order valence-electron chi connectivity index (χ3n) is 7.50. The number of carbonyl (C=O) groups excluding carboxylic acids is 1. The molecular formula is C28H29ClN6O3. The van der Waals surface area contributed by atoms with E-state index in [-0.39, 0.29) is 23.7 Å². The lowest BCUT2D eigenvalue weighted by Gasteiger charge is -2.38. The lowest BCUT2D eigenvalue weighted by Crippen LogP contribution is -2.47. The summed E-state index contributed by atoms with van der Waals surface area (Å²) in [7, 11) is 1.76. The molecule has 0 bridgehead atoms. The molecule has 3 heterocycles. The molecule has 6 rings (SSSR count). The van der Waals surface area contributed by atoms with Crippen molar-refractivity contribution in [2.45, 2.75) is 63.8 Å². The molecule has 0 aliphatic heterocycles. The number of nitrogens with zero attached hydrogens (tertiary/aromatic N) is 6. The molecule has 4 aromatic rings. The molecule has 0 unspecified atom stereocenters. The number of halogens is 1. The van der Waals surface area contributed by atoms with E-state index in [9.17, 15) is 9.90 Å². The third kappa shape index (κ3) is 4.61. The molecule has 1 N–H and O–H groups in total. The molecule has 2 saturated carbocycles. The van der Waals surface area contributed by atoms with E-state index < -0.39 is 0 Å². The number of rotatable bonds is 7. The predicted octanol–water partition coefficient (Wildman–Crippen LogP) is 4.43. The number of amides is 1. The summed E-state index contributed by atoms with van der Waals surface area (Å²) in [5.41, 5.74) is 4.05. The van der Waals surface area contributed by atoms with Gasteiger partial charge in [0.2, 0.25) is 5.88 Å². The zero-order valence-electron chi connectivity index (χ0n) is 21.6. The monoisotopic (exact) mass is 532 g/mol. The molecule has 1 amide bonds. The minimum Gasteiger partial charge on any atom is -0.470 e. The van der Waals surface area contributed by atoms with E-state index >= 15 is 0 Å². The summed E-state index contributed by atoms with van der Waals surface area (Å²) >= 11 is 6.80. The van der Waals surface area contributed by atoms with Gasteiger partial charge in [-0.25, -0.2) is 9.97 Å². The number of hydrogen-bond donors (Lipinski definition) is 1. The Labute approximate surface area is 225 Å². The van der Waals surface area contributed by atoms with Gasteiger partial charge in [-0.1, -0.05) is 11.6 Å². The number of hydrogen-bond acceptors (Lipinski definition) is 7. The van der Waals surface area contributed by atoms with Gasteiger partial charge < -0.3 is 19.3 Å². The Morgan fingerprint density at radius 3 is 2.68 bits per heavy atom. The molecular weight excluding hydrogens is 504 g/mol. The van der Waals surface area contributed by atoms with Crippen LogP contribution in [0.3, 0.4) is 0 Å². The summed E-state index contributed by atoms with van der Waals surface area (Å²) < 4.78 is 8.17. The molecule has 196 valence electrons. The van der Waals surface area contributed by atoms with Gasteiger partial charge in [0.25, 0.3) is 5.91 Å². The molecule has 0 spiro atoms. The lowest BCUT2D eigenvalue weighted by atomic mass is 9.88. The first-order valence-corrected chi connectivity index (χ1v) is 13.2. The van der Waals surface area contributed by atoms with Crippen LogP contribution in [0.15, 0.2) is 42.9 Å². The Balaban J connectivity index is 1.41. The Morgan fingerprint density at radius 1 is 1.21 bits per heavy atom. The molecule has 2 aliphatic rings. The minimum absolute atomic E-state index is 0.0345. The van der Waals surface area contributed by atoms with E-state index in [1.54, 1.807) is 30.3 Å². The van der Waals surface area contributed by atoms with Crippen LogP contribution in [-0.4, -0.2) is 65.2 Å². The fraction of sp³-hybridized carbons (Fsp3) is 0.393. The van der Waals surface area contributed by atoms with Gasteiger partial charge in [-0.15, -0.1) is 0 Å². The SMILES string of the molecule is Cc1ccnc(Cn2c(-c3ccc(C(=O)N(C)C4CC(O)C4)cc3Cl)nc3c(OC4(C)CC4)ncnc32)c1. The molecule has 3 aromatic heterocycles. The molecule has 0 atom stereocenters. The van der Waals surface area contributed by atoms with Gasteiger partial charge in [0.1, 0.15) is 17.8 Å². The van der Waals surface area contributed by atoms with E-state index in [1.165, 1.54) is 6.33 Å². The Morgan fingerprint density at radius 2 is 2.00 bits per heavy atom. The lowest BCUT2D eigenvalue weighted by molar-refractivity contribution is 0.0132. The van der Waals surface area contributed by atoms with Crippen molar-refractivity contribution >= 4 is 28.7 Å². The maximum Gasteiger partial charge on any atom is 0.253 e. The van der Waals surface area contributed by atoms with Gasteiger partial charge in [0, 0.05) is 30.4 Å². The van der Waals surface area contributed by atoms with Gasteiger partial charge >= 0.3 is 0 Å². The van der Waals surface area contributed by atoms with Crippen LogP contribution in [0.1, 0.15) is 54.2 Å². The molecule has 0 radical (unpaired) electrons. The summed E-state index contributed by atoms with van der Waals surface area (Å²) in [5.74, 6) is 0.903. The van der Waals surface area contributed by atoms with Crippen LogP contribution < -0.4 is 4.74 Å². The van der Waals surface area contributed by atoms with Crippen molar-refractivity contribution in [1.82, 2.24) is 29.4 Å². The highest BCUT2D eigenvalue weighted by Gasteiger charge is 2.41. The molecule has 10 heteroatoms. The first-order chi connectivity index (χ1) is 18.2. The van der Waals surface area contributed by atoms with E-state index in [1.807, 2.05) is 29.7 Å². The van der Waals surface area contributed by atoms with Crippen LogP contribution in [0.4, 0.5) is 0 Å². The summed E-state index contributed by atoms with van der Waals surface area (Å²) in [6.07, 6.45) is 6.06. The van der Waals surface area contributed by atoms with Crippen LogP contribution in [0.2, 0.25) is 5.02 Å². The smallest absolute Gasteiger partial charge is 0.253 e. The van der Waals surface area contributed by atoms with Crippen LogP contribution in [0.25, 0.3) is 22.6 Å². The van der Waals surface area contributed by atoms with Crippen molar-refractivity contribution in [3.8, 4) is 17.3 Å². The van der Waals surface area contributed by atoms with E-state index in [2.05, 4.69) is 21.9 Å². The third-order valence-corrected chi connectivity index (χ3v) is 7.81.